The number of carbonyl (C=O) groups excluding carboxylic acids is 1. The van der Waals surface area contributed by atoms with Gasteiger partial charge in [-0.1, -0.05) is 0 Å². The van der Waals surface area contributed by atoms with Crippen LogP contribution in [0.4, 0.5) is 5.82 Å². The Morgan fingerprint density at radius 3 is 2.63 bits per heavy atom. The molecule has 0 aliphatic rings. The Bertz CT molecular complexity index is 669. The quantitative estimate of drug-likeness (QED) is 0.889. The number of nitrogens with one attached hydrogen (secondary N) is 1. The van der Waals surface area contributed by atoms with Gasteiger partial charge < -0.3 is 9.88 Å². The van der Waals surface area contributed by atoms with Gasteiger partial charge in [0.15, 0.2) is 0 Å². The third kappa shape index (κ3) is 3.07. The van der Waals surface area contributed by atoms with Gasteiger partial charge in [-0.15, -0.1) is 0 Å². The molecule has 1 amide bonds. The Kier molecular flexibility index (Phi) is 3.46. The summed E-state index contributed by atoms with van der Waals surface area (Å²) in [6.45, 7) is 3.80. The number of anilines is 1. The Labute approximate surface area is 110 Å². The number of amides is 1. The number of hydrogen-bond acceptors (Lipinski definition) is 3. The highest BCUT2D eigenvalue weighted by atomic mass is 16.2. The lowest BCUT2D eigenvalue weighted by molar-refractivity contribution is 0.102. The van der Waals surface area contributed by atoms with E-state index in [4.69, 9.17) is 0 Å². The molecule has 2 rings (SSSR count). The number of aromatic nitrogens is 2. The van der Waals surface area contributed by atoms with Crippen LogP contribution in [-0.4, -0.2) is 15.5 Å². The summed E-state index contributed by atoms with van der Waals surface area (Å²) in [5, 5.41) is 2.69. The molecule has 5 nitrogen and oxygen atoms in total. The van der Waals surface area contributed by atoms with Crippen molar-refractivity contribution in [1.29, 1.82) is 0 Å². The fraction of sp³-hybridized carbons (Fsp3) is 0.214. The highest BCUT2D eigenvalue weighted by Gasteiger charge is 2.08. The fourth-order valence-corrected chi connectivity index (χ4v) is 1.78. The van der Waals surface area contributed by atoms with E-state index in [0.29, 0.717) is 11.4 Å². The minimum atomic E-state index is -0.338. The summed E-state index contributed by atoms with van der Waals surface area (Å²) in [6.07, 6.45) is 1.56. The molecular weight excluding hydrogens is 242 g/mol. The van der Waals surface area contributed by atoms with E-state index in [1.54, 1.807) is 25.4 Å². The maximum atomic E-state index is 12.0. The van der Waals surface area contributed by atoms with Crippen LogP contribution >= 0.6 is 0 Å². The van der Waals surface area contributed by atoms with Crippen molar-refractivity contribution in [3.05, 3.63) is 57.6 Å². The van der Waals surface area contributed by atoms with Gasteiger partial charge in [-0.05, 0) is 37.6 Å². The molecule has 0 saturated carbocycles. The zero-order valence-corrected chi connectivity index (χ0v) is 11.1. The number of pyridine rings is 2. The van der Waals surface area contributed by atoms with E-state index in [-0.39, 0.29) is 11.5 Å². The second-order valence-corrected chi connectivity index (χ2v) is 4.49. The van der Waals surface area contributed by atoms with Gasteiger partial charge in [-0.3, -0.25) is 9.59 Å². The van der Waals surface area contributed by atoms with E-state index in [2.05, 4.69) is 10.3 Å². The molecule has 0 bridgehead atoms. The lowest BCUT2D eigenvalue weighted by Crippen LogP contribution is -2.20. The van der Waals surface area contributed by atoms with Crippen molar-refractivity contribution in [3.8, 4) is 0 Å². The fourth-order valence-electron chi connectivity index (χ4n) is 1.78. The number of rotatable bonds is 2. The van der Waals surface area contributed by atoms with Gasteiger partial charge in [0.2, 0.25) is 0 Å². The molecule has 0 unspecified atom stereocenters. The Morgan fingerprint density at radius 2 is 2.00 bits per heavy atom. The van der Waals surface area contributed by atoms with E-state index in [0.717, 1.165) is 11.3 Å². The summed E-state index contributed by atoms with van der Waals surface area (Å²) < 4.78 is 1.41. The zero-order chi connectivity index (χ0) is 14.0. The van der Waals surface area contributed by atoms with E-state index in [9.17, 15) is 9.59 Å². The van der Waals surface area contributed by atoms with Crippen LogP contribution in [0.25, 0.3) is 0 Å². The van der Waals surface area contributed by atoms with Crippen LogP contribution in [0.15, 0.2) is 35.3 Å². The standard InChI is InChI=1S/C14H15N3O2/c1-9-6-10(2)15-12(7-9)16-14(19)11-4-5-17(3)13(18)8-11/h4-8H,1-3H3,(H,15,16,19). The van der Waals surface area contributed by atoms with Crippen LogP contribution in [0, 0.1) is 13.8 Å². The lowest BCUT2D eigenvalue weighted by Gasteiger charge is -2.07. The lowest BCUT2D eigenvalue weighted by atomic mass is 10.2. The highest BCUT2D eigenvalue weighted by molar-refractivity contribution is 6.03. The Hall–Kier alpha value is -2.43. The van der Waals surface area contributed by atoms with Crippen molar-refractivity contribution >= 4 is 11.7 Å². The Balaban J connectivity index is 2.25. The molecule has 0 aromatic carbocycles. The molecule has 0 radical (unpaired) electrons. The Morgan fingerprint density at radius 1 is 1.26 bits per heavy atom. The summed E-state index contributed by atoms with van der Waals surface area (Å²) in [7, 11) is 1.63. The first-order chi connectivity index (χ1) is 8.95. The molecule has 1 N–H and O–H groups in total. The topological polar surface area (TPSA) is 64.0 Å². The molecular formula is C14H15N3O2. The molecule has 0 aliphatic heterocycles. The molecule has 0 aliphatic carbocycles. The molecule has 2 heterocycles. The first-order valence-corrected chi connectivity index (χ1v) is 5.89. The van der Waals surface area contributed by atoms with Gasteiger partial charge in [0.05, 0.1) is 0 Å². The second kappa shape index (κ2) is 5.06. The van der Waals surface area contributed by atoms with Crippen molar-refractivity contribution in [3.63, 3.8) is 0 Å². The minimum absolute atomic E-state index is 0.221. The van der Waals surface area contributed by atoms with Crippen LogP contribution < -0.4 is 10.9 Å². The average Bonchev–Trinajstić information content (AvgIpc) is 2.31. The summed E-state index contributed by atoms with van der Waals surface area (Å²) >= 11 is 0. The summed E-state index contributed by atoms with van der Waals surface area (Å²) in [5.41, 5.74) is 1.95. The van der Waals surface area contributed by atoms with E-state index in [1.807, 2.05) is 19.9 Å². The summed E-state index contributed by atoms with van der Waals surface area (Å²) in [5.74, 6) is 0.151. The second-order valence-electron chi connectivity index (χ2n) is 4.49. The normalized spacial score (nSPS) is 10.3. The van der Waals surface area contributed by atoms with Crippen LogP contribution in [0.1, 0.15) is 21.6 Å². The molecule has 0 atom stereocenters. The molecule has 19 heavy (non-hydrogen) atoms. The summed E-state index contributed by atoms with van der Waals surface area (Å²) in [6, 6.07) is 6.61. The molecule has 0 fully saturated rings. The number of hydrogen-bond donors (Lipinski definition) is 1. The number of nitrogens with zero attached hydrogens (tertiary/aromatic N) is 2. The van der Waals surface area contributed by atoms with Crippen molar-refractivity contribution in [1.82, 2.24) is 9.55 Å². The number of carbonyl (C=O) groups is 1. The van der Waals surface area contributed by atoms with Gasteiger partial charge in [-0.25, -0.2) is 4.98 Å². The predicted octanol–water partition coefficient (Wildman–Crippen LogP) is 1.65. The average molecular weight is 257 g/mol. The predicted molar refractivity (Wildman–Crippen MR) is 73.3 cm³/mol. The molecule has 5 heteroatoms. The third-order valence-corrected chi connectivity index (χ3v) is 2.71. The monoisotopic (exact) mass is 257 g/mol. The highest BCUT2D eigenvalue weighted by Crippen LogP contribution is 2.10. The van der Waals surface area contributed by atoms with Crippen LogP contribution in [0.2, 0.25) is 0 Å². The van der Waals surface area contributed by atoms with Crippen molar-refractivity contribution in [2.75, 3.05) is 5.32 Å². The first-order valence-electron chi connectivity index (χ1n) is 5.89. The maximum Gasteiger partial charge on any atom is 0.257 e. The zero-order valence-electron chi connectivity index (χ0n) is 11.1. The van der Waals surface area contributed by atoms with Crippen LogP contribution in [0.3, 0.4) is 0 Å². The largest absolute Gasteiger partial charge is 0.319 e. The van der Waals surface area contributed by atoms with Crippen molar-refractivity contribution < 1.29 is 4.79 Å². The molecule has 0 saturated heterocycles. The van der Waals surface area contributed by atoms with Gasteiger partial charge in [0.1, 0.15) is 5.82 Å². The molecule has 0 spiro atoms. The van der Waals surface area contributed by atoms with Gasteiger partial charge >= 0.3 is 0 Å². The number of aryl methyl sites for hydroxylation is 3. The van der Waals surface area contributed by atoms with Crippen LogP contribution in [0.5, 0.6) is 0 Å². The summed E-state index contributed by atoms with van der Waals surface area (Å²) in [4.78, 5) is 27.7. The van der Waals surface area contributed by atoms with E-state index >= 15 is 0 Å². The first kappa shape index (κ1) is 13.0. The smallest absolute Gasteiger partial charge is 0.257 e. The maximum absolute atomic E-state index is 12.0. The van der Waals surface area contributed by atoms with Crippen LogP contribution in [-0.2, 0) is 7.05 Å². The van der Waals surface area contributed by atoms with Gasteiger partial charge in [-0.2, -0.15) is 0 Å². The SMILES string of the molecule is Cc1cc(C)nc(NC(=O)c2ccn(C)c(=O)c2)c1. The van der Waals surface area contributed by atoms with Gasteiger partial charge in [0, 0.05) is 30.6 Å². The van der Waals surface area contributed by atoms with Gasteiger partial charge in [0.25, 0.3) is 11.5 Å². The minimum Gasteiger partial charge on any atom is -0.319 e. The van der Waals surface area contributed by atoms with E-state index < -0.39 is 0 Å². The third-order valence-electron chi connectivity index (χ3n) is 2.71. The molecule has 2 aromatic rings. The van der Waals surface area contributed by atoms with Crippen molar-refractivity contribution in [2.45, 2.75) is 13.8 Å². The van der Waals surface area contributed by atoms with E-state index in [1.165, 1.54) is 10.6 Å². The molecule has 2 aromatic heterocycles. The van der Waals surface area contributed by atoms with Crippen molar-refractivity contribution in [2.24, 2.45) is 7.05 Å². The molecule has 98 valence electrons.